The van der Waals surface area contributed by atoms with Gasteiger partial charge >= 0.3 is 0 Å². The highest BCUT2D eigenvalue weighted by atomic mass is 32.1. The molecule has 2 unspecified atom stereocenters. The fraction of sp³-hybridized carbons (Fsp3) is 0.400. The van der Waals surface area contributed by atoms with Gasteiger partial charge in [0, 0.05) is 5.56 Å². The van der Waals surface area contributed by atoms with E-state index in [1.807, 2.05) is 6.92 Å². The summed E-state index contributed by atoms with van der Waals surface area (Å²) >= 11 is 10.4. The quantitative estimate of drug-likeness (QED) is 0.370. The standard InChI is InChI=1S/C25H26FN5O5S2/c1-14-19(27-23(36-14)15-5-7-16(26)8-6-15)13-35-18-4-2-3-17(11-18)34-10-9-20-22(33)29-25(38)31(20)30-12-21(32)28-24(30)37/h5-9,17-18H,2-4,10-13H2,1H3,(H,28,32,37)(H,29,33,38). The lowest BCUT2D eigenvalue weighted by Crippen LogP contribution is -2.45. The lowest BCUT2D eigenvalue weighted by Gasteiger charge is -2.29. The van der Waals surface area contributed by atoms with Crippen LogP contribution in [0.4, 0.5) is 4.39 Å². The highest BCUT2D eigenvalue weighted by Crippen LogP contribution is 2.27. The van der Waals surface area contributed by atoms with E-state index >= 15 is 0 Å². The molecular formula is C25H26FN5O5S2. The number of carbonyl (C=O) groups excluding carboxylic acids is 2. The second-order valence-corrected chi connectivity index (χ2v) is 9.93. The van der Waals surface area contributed by atoms with Crippen molar-refractivity contribution >= 4 is 46.5 Å². The molecule has 1 aliphatic carbocycles. The Morgan fingerprint density at radius 2 is 1.87 bits per heavy atom. The first-order valence-corrected chi connectivity index (χ1v) is 13.0. The topological polar surface area (TPSA) is 109 Å². The first-order chi connectivity index (χ1) is 18.3. The fourth-order valence-electron chi connectivity index (χ4n) is 4.57. The zero-order valence-electron chi connectivity index (χ0n) is 20.6. The lowest BCUT2D eigenvalue weighted by molar-refractivity contribution is -0.120. The van der Waals surface area contributed by atoms with Gasteiger partial charge in [-0.2, -0.15) is 0 Å². The van der Waals surface area contributed by atoms with Crippen molar-refractivity contribution in [2.45, 2.75) is 51.4 Å². The van der Waals surface area contributed by atoms with Crippen molar-refractivity contribution < 1.29 is 27.9 Å². The summed E-state index contributed by atoms with van der Waals surface area (Å²) in [6.45, 7) is 2.29. The molecule has 2 aliphatic heterocycles. The van der Waals surface area contributed by atoms with Gasteiger partial charge in [-0.15, -0.1) is 0 Å². The van der Waals surface area contributed by atoms with Crippen molar-refractivity contribution in [3.8, 4) is 11.5 Å². The SMILES string of the molecule is Cc1oc(-c2ccc(F)cc2)nc1COC1CCCC(OCC=C2C(=O)NC(=S)N2N2CC(=O)NC2=S)C1. The van der Waals surface area contributed by atoms with E-state index < -0.39 is 0 Å². The third kappa shape index (κ3) is 5.75. The summed E-state index contributed by atoms with van der Waals surface area (Å²) in [6.07, 6.45) is 5.01. The Labute approximate surface area is 229 Å². The van der Waals surface area contributed by atoms with Crippen molar-refractivity contribution in [1.82, 2.24) is 25.6 Å². The van der Waals surface area contributed by atoms with Gasteiger partial charge in [-0.25, -0.2) is 19.4 Å². The van der Waals surface area contributed by atoms with Gasteiger partial charge in [0.1, 0.15) is 29.5 Å². The normalized spacial score (nSPS) is 22.9. The van der Waals surface area contributed by atoms with Crippen LogP contribution in [0.15, 0.2) is 40.5 Å². The Hall–Kier alpha value is -3.26. The van der Waals surface area contributed by atoms with Crippen molar-refractivity contribution in [3.05, 3.63) is 53.3 Å². The Morgan fingerprint density at radius 3 is 2.58 bits per heavy atom. The van der Waals surface area contributed by atoms with Gasteiger partial charge in [0.15, 0.2) is 10.2 Å². The molecule has 2 amide bonds. The summed E-state index contributed by atoms with van der Waals surface area (Å²) < 4.78 is 31.2. The number of ether oxygens (including phenoxy) is 2. The van der Waals surface area contributed by atoms with Crippen LogP contribution in [0.2, 0.25) is 0 Å². The average molecular weight is 560 g/mol. The minimum atomic E-state index is -0.381. The summed E-state index contributed by atoms with van der Waals surface area (Å²) in [7, 11) is 0. The second-order valence-electron chi connectivity index (χ2n) is 9.16. The molecule has 2 atom stereocenters. The number of hydrogen-bond acceptors (Lipinski definition) is 8. The van der Waals surface area contributed by atoms with Crippen molar-refractivity contribution in [2.75, 3.05) is 13.2 Å². The molecule has 3 aliphatic rings. The minimum Gasteiger partial charge on any atom is -0.441 e. The maximum absolute atomic E-state index is 13.2. The number of aryl methyl sites for hydroxylation is 1. The molecule has 3 heterocycles. The van der Waals surface area contributed by atoms with Crippen LogP contribution in [0.1, 0.15) is 37.1 Å². The molecule has 2 saturated heterocycles. The van der Waals surface area contributed by atoms with Gasteiger partial charge in [-0.05, 0) is 87.4 Å². The lowest BCUT2D eigenvalue weighted by atomic mass is 9.95. The van der Waals surface area contributed by atoms with E-state index in [2.05, 4.69) is 15.6 Å². The molecule has 0 radical (unpaired) electrons. The number of oxazole rings is 1. The summed E-state index contributed by atoms with van der Waals surface area (Å²) in [5.41, 5.74) is 1.66. The molecule has 1 aromatic heterocycles. The van der Waals surface area contributed by atoms with Crippen LogP contribution in [0.5, 0.6) is 0 Å². The van der Waals surface area contributed by atoms with Crippen molar-refractivity contribution in [1.29, 1.82) is 0 Å². The van der Waals surface area contributed by atoms with Gasteiger partial charge < -0.3 is 13.9 Å². The summed E-state index contributed by atoms with van der Waals surface area (Å²) in [5, 5.41) is 8.31. The predicted molar refractivity (Wildman–Crippen MR) is 142 cm³/mol. The highest BCUT2D eigenvalue weighted by Gasteiger charge is 2.39. The van der Waals surface area contributed by atoms with E-state index in [4.69, 9.17) is 38.3 Å². The third-order valence-corrected chi connectivity index (χ3v) is 7.10. The predicted octanol–water partition coefficient (Wildman–Crippen LogP) is 2.87. The summed E-state index contributed by atoms with van der Waals surface area (Å²) in [6, 6.07) is 5.99. The van der Waals surface area contributed by atoms with Crippen LogP contribution in [0.3, 0.4) is 0 Å². The number of benzene rings is 1. The molecule has 38 heavy (non-hydrogen) atoms. The maximum atomic E-state index is 13.2. The molecule has 10 nitrogen and oxygen atoms in total. The molecule has 5 rings (SSSR count). The van der Waals surface area contributed by atoms with Gasteiger partial charge in [-0.3, -0.25) is 20.2 Å². The van der Waals surface area contributed by atoms with Crippen LogP contribution < -0.4 is 10.6 Å². The molecule has 13 heteroatoms. The second kappa shape index (κ2) is 11.2. The molecule has 200 valence electrons. The Bertz CT molecular complexity index is 1300. The van der Waals surface area contributed by atoms with E-state index in [1.165, 1.54) is 22.2 Å². The summed E-state index contributed by atoms with van der Waals surface area (Å²) in [4.78, 5) is 28.7. The first-order valence-electron chi connectivity index (χ1n) is 12.2. The third-order valence-electron chi connectivity index (χ3n) is 6.52. The number of thiocarbonyl (C=S) groups is 2. The number of nitrogens with one attached hydrogen (secondary N) is 2. The smallest absolute Gasteiger partial charge is 0.275 e. The molecule has 2 aromatic rings. The van der Waals surface area contributed by atoms with Gasteiger partial charge in [0.05, 0.1) is 25.4 Å². The largest absolute Gasteiger partial charge is 0.441 e. The Kier molecular flexibility index (Phi) is 7.79. The molecule has 0 spiro atoms. The number of halogens is 1. The number of nitrogens with zero attached hydrogens (tertiary/aromatic N) is 3. The minimum absolute atomic E-state index is 0.00955. The monoisotopic (exact) mass is 559 g/mol. The number of hydrazine groups is 1. The highest BCUT2D eigenvalue weighted by molar-refractivity contribution is 7.80. The zero-order valence-corrected chi connectivity index (χ0v) is 22.2. The maximum Gasteiger partial charge on any atom is 0.275 e. The Morgan fingerprint density at radius 1 is 1.13 bits per heavy atom. The van der Waals surface area contributed by atoms with Crippen LogP contribution in [0.25, 0.3) is 11.5 Å². The molecule has 2 N–H and O–H groups in total. The molecular weight excluding hydrogens is 533 g/mol. The number of carbonyl (C=O) groups is 2. The van der Waals surface area contributed by atoms with Crippen molar-refractivity contribution in [3.63, 3.8) is 0 Å². The van der Waals surface area contributed by atoms with E-state index in [-0.39, 0.29) is 58.9 Å². The van der Waals surface area contributed by atoms with E-state index in [9.17, 15) is 14.0 Å². The zero-order chi connectivity index (χ0) is 26.8. The number of rotatable bonds is 8. The van der Waals surface area contributed by atoms with Crippen LogP contribution in [-0.4, -0.2) is 62.4 Å². The van der Waals surface area contributed by atoms with Gasteiger partial charge in [-0.1, -0.05) is 0 Å². The van der Waals surface area contributed by atoms with E-state index in [0.717, 1.165) is 19.3 Å². The Balaban J connectivity index is 1.14. The average Bonchev–Trinajstić information content (AvgIpc) is 3.51. The molecule has 3 fully saturated rings. The molecule has 1 aromatic carbocycles. The van der Waals surface area contributed by atoms with Crippen LogP contribution >= 0.6 is 24.4 Å². The number of aromatic nitrogens is 1. The van der Waals surface area contributed by atoms with Crippen molar-refractivity contribution in [2.24, 2.45) is 0 Å². The fourth-order valence-corrected chi connectivity index (χ4v) is 5.12. The van der Waals surface area contributed by atoms with Crippen LogP contribution in [-0.2, 0) is 25.7 Å². The van der Waals surface area contributed by atoms with Crippen LogP contribution in [0, 0.1) is 12.7 Å². The van der Waals surface area contributed by atoms with E-state index in [0.29, 0.717) is 35.9 Å². The van der Waals surface area contributed by atoms with Gasteiger partial charge in [0.2, 0.25) is 11.8 Å². The molecule has 0 bridgehead atoms. The molecule has 1 saturated carbocycles. The van der Waals surface area contributed by atoms with E-state index in [1.54, 1.807) is 18.2 Å². The first kappa shape index (κ1) is 26.4. The van der Waals surface area contributed by atoms with Gasteiger partial charge in [0.25, 0.3) is 5.91 Å². The summed E-state index contributed by atoms with van der Waals surface area (Å²) in [5.74, 6) is 0.120. The number of hydrogen-bond donors (Lipinski definition) is 2. The number of amides is 2.